The summed E-state index contributed by atoms with van der Waals surface area (Å²) >= 11 is 0. The maximum absolute atomic E-state index is 12.2. The average Bonchev–Trinajstić information content (AvgIpc) is 3.45. The van der Waals surface area contributed by atoms with Crippen molar-refractivity contribution in [1.29, 1.82) is 0 Å². The third-order valence-electron chi connectivity index (χ3n) is 7.14. The number of nitrogens with two attached hydrogens (primary N) is 1. The van der Waals surface area contributed by atoms with Crippen molar-refractivity contribution in [3.63, 3.8) is 0 Å². The van der Waals surface area contributed by atoms with Gasteiger partial charge in [-0.1, -0.05) is 0 Å². The minimum absolute atomic E-state index is 0.0968. The van der Waals surface area contributed by atoms with Gasteiger partial charge < -0.3 is 20.3 Å². The normalized spacial score (nSPS) is 27.5. The highest BCUT2D eigenvalue weighted by Gasteiger charge is 2.62. The van der Waals surface area contributed by atoms with E-state index in [1.54, 1.807) is 16.7 Å². The number of hydrogen-bond donors (Lipinski definition) is 1. The molecule has 2 aromatic rings. The Hall–Kier alpha value is -2.57. The number of hydrogen-bond acceptors (Lipinski definition) is 10. The maximum atomic E-state index is 12.2. The molecule has 2 bridgehead atoms. The van der Waals surface area contributed by atoms with Crippen LogP contribution in [-0.4, -0.2) is 89.9 Å². The average molecular weight is 459 g/mol. The molecule has 1 aliphatic carbocycles. The van der Waals surface area contributed by atoms with Crippen LogP contribution in [0.1, 0.15) is 18.4 Å². The first-order valence-corrected chi connectivity index (χ1v) is 12.7. The molecule has 0 aromatic carbocycles. The summed E-state index contributed by atoms with van der Waals surface area (Å²) in [7, 11) is -3.21. The molecule has 1 saturated carbocycles. The molecule has 0 radical (unpaired) electrons. The number of morpholine rings is 1. The standard InChI is InChI=1S/C20H26N8O3S/c1-32(29,30)28-12-20(8-14(28)9-20)27-3-2-15-16(13-10-22-18(21)23-11-13)24-19(25-17(15)27)26-4-6-31-7-5-26/h10-11,14H,2-9,12H2,1H3,(H2,21,22,23). The molecule has 170 valence electrons. The van der Waals surface area contributed by atoms with Crippen molar-refractivity contribution in [2.75, 3.05) is 61.2 Å². The van der Waals surface area contributed by atoms with Gasteiger partial charge in [-0.15, -0.1) is 0 Å². The zero-order chi connectivity index (χ0) is 22.1. The van der Waals surface area contributed by atoms with Crippen molar-refractivity contribution < 1.29 is 13.2 Å². The molecule has 7 rings (SSSR count). The van der Waals surface area contributed by atoms with Crippen LogP contribution in [0.15, 0.2) is 12.4 Å². The molecule has 12 heteroatoms. The van der Waals surface area contributed by atoms with Gasteiger partial charge in [-0.25, -0.2) is 23.4 Å². The van der Waals surface area contributed by atoms with Crippen molar-refractivity contribution in [2.24, 2.45) is 0 Å². The lowest BCUT2D eigenvalue weighted by molar-refractivity contribution is 0.122. The van der Waals surface area contributed by atoms with Crippen LogP contribution in [0.5, 0.6) is 0 Å². The van der Waals surface area contributed by atoms with E-state index in [1.165, 1.54) is 6.26 Å². The zero-order valence-electron chi connectivity index (χ0n) is 17.9. The number of ether oxygens (including phenoxy) is 1. The minimum Gasteiger partial charge on any atom is -0.378 e. The van der Waals surface area contributed by atoms with E-state index < -0.39 is 10.0 Å². The maximum Gasteiger partial charge on any atom is 0.228 e. The molecule has 0 spiro atoms. The Morgan fingerprint density at radius 3 is 2.50 bits per heavy atom. The number of anilines is 3. The highest BCUT2D eigenvalue weighted by atomic mass is 32.2. The molecule has 2 aromatic heterocycles. The van der Waals surface area contributed by atoms with E-state index in [1.807, 2.05) is 0 Å². The lowest BCUT2D eigenvalue weighted by Gasteiger charge is -2.45. The van der Waals surface area contributed by atoms with Crippen LogP contribution in [-0.2, 0) is 21.2 Å². The molecule has 32 heavy (non-hydrogen) atoms. The summed E-state index contributed by atoms with van der Waals surface area (Å²) in [4.78, 5) is 22.7. The predicted octanol–water partition coefficient (Wildman–Crippen LogP) is -0.109. The molecule has 4 fully saturated rings. The van der Waals surface area contributed by atoms with Crippen LogP contribution in [0.4, 0.5) is 17.7 Å². The summed E-state index contributed by atoms with van der Waals surface area (Å²) in [5.41, 5.74) is 8.20. The van der Waals surface area contributed by atoms with Gasteiger partial charge in [0.05, 0.1) is 30.7 Å². The first-order valence-electron chi connectivity index (χ1n) is 10.9. The summed E-state index contributed by atoms with van der Waals surface area (Å²) in [5.74, 6) is 1.79. The molecule has 0 unspecified atom stereocenters. The summed E-state index contributed by atoms with van der Waals surface area (Å²) < 4.78 is 31.6. The second-order valence-electron chi connectivity index (χ2n) is 9.10. The van der Waals surface area contributed by atoms with Gasteiger partial charge in [0.15, 0.2) is 0 Å². The second-order valence-corrected chi connectivity index (χ2v) is 11.0. The van der Waals surface area contributed by atoms with Crippen molar-refractivity contribution in [3.8, 4) is 11.3 Å². The predicted molar refractivity (Wildman–Crippen MR) is 119 cm³/mol. The van der Waals surface area contributed by atoms with E-state index >= 15 is 0 Å². The molecule has 3 saturated heterocycles. The largest absolute Gasteiger partial charge is 0.378 e. The lowest BCUT2D eigenvalue weighted by atomic mass is 9.77. The molecular weight excluding hydrogens is 432 g/mol. The van der Waals surface area contributed by atoms with Gasteiger partial charge in [-0.3, -0.25) is 0 Å². The van der Waals surface area contributed by atoms with Crippen LogP contribution >= 0.6 is 0 Å². The van der Waals surface area contributed by atoms with Crippen molar-refractivity contribution >= 4 is 27.7 Å². The molecule has 2 N–H and O–H groups in total. The van der Waals surface area contributed by atoms with Gasteiger partial charge in [0.1, 0.15) is 5.82 Å². The van der Waals surface area contributed by atoms with Gasteiger partial charge in [0.2, 0.25) is 21.9 Å². The Balaban J connectivity index is 1.43. The quantitative estimate of drug-likeness (QED) is 0.662. The first kappa shape index (κ1) is 20.1. The highest BCUT2D eigenvalue weighted by Crippen LogP contribution is 2.53. The van der Waals surface area contributed by atoms with E-state index in [-0.39, 0.29) is 17.5 Å². The Bertz CT molecular complexity index is 1160. The van der Waals surface area contributed by atoms with Gasteiger partial charge in [-0.2, -0.15) is 9.29 Å². The van der Waals surface area contributed by atoms with E-state index in [0.29, 0.717) is 25.7 Å². The summed E-state index contributed by atoms with van der Waals surface area (Å²) in [5, 5.41) is 0. The Kier molecular flexibility index (Phi) is 4.37. The van der Waals surface area contributed by atoms with Crippen LogP contribution in [0.25, 0.3) is 11.3 Å². The number of sulfonamides is 1. The third kappa shape index (κ3) is 3.04. The van der Waals surface area contributed by atoms with E-state index in [2.05, 4.69) is 19.8 Å². The fourth-order valence-electron chi connectivity index (χ4n) is 5.57. The number of rotatable bonds is 4. The molecule has 0 atom stereocenters. The van der Waals surface area contributed by atoms with Crippen LogP contribution in [0.3, 0.4) is 0 Å². The van der Waals surface area contributed by atoms with Crippen LogP contribution in [0.2, 0.25) is 0 Å². The highest BCUT2D eigenvalue weighted by molar-refractivity contribution is 7.88. The van der Waals surface area contributed by atoms with E-state index in [0.717, 1.165) is 61.5 Å². The smallest absolute Gasteiger partial charge is 0.228 e. The molecule has 5 aliphatic rings. The molecule has 0 amide bonds. The Labute approximate surface area is 186 Å². The topological polar surface area (TPSA) is 131 Å². The molecular formula is C20H26N8O3S. The van der Waals surface area contributed by atoms with Gasteiger partial charge in [0.25, 0.3) is 0 Å². The minimum atomic E-state index is -3.21. The number of fused-ring (bicyclic) bond motifs is 2. The van der Waals surface area contributed by atoms with Crippen LogP contribution < -0.4 is 15.5 Å². The summed E-state index contributed by atoms with van der Waals surface area (Å²) in [6.45, 7) is 4.05. The molecule has 6 heterocycles. The van der Waals surface area contributed by atoms with Crippen LogP contribution in [0, 0.1) is 0 Å². The number of aromatic nitrogens is 4. The van der Waals surface area contributed by atoms with Crippen molar-refractivity contribution in [1.82, 2.24) is 24.2 Å². The Morgan fingerprint density at radius 2 is 1.84 bits per heavy atom. The molecule has 11 nitrogen and oxygen atoms in total. The third-order valence-corrected chi connectivity index (χ3v) is 8.42. The molecule has 4 aliphatic heterocycles. The zero-order valence-corrected chi connectivity index (χ0v) is 18.8. The Morgan fingerprint density at radius 1 is 1.12 bits per heavy atom. The van der Waals surface area contributed by atoms with E-state index in [4.69, 9.17) is 20.4 Å². The van der Waals surface area contributed by atoms with Gasteiger partial charge in [-0.05, 0) is 19.3 Å². The van der Waals surface area contributed by atoms with Crippen molar-refractivity contribution in [3.05, 3.63) is 18.0 Å². The lowest BCUT2D eigenvalue weighted by Crippen LogP contribution is -2.55. The first-order chi connectivity index (χ1) is 15.3. The fourth-order valence-corrected chi connectivity index (χ4v) is 6.74. The second kappa shape index (κ2) is 6.96. The number of nitrogen functional groups attached to an aromatic ring is 1. The number of nitrogens with zero attached hydrogens (tertiary/aromatic N) is 7. The fraction of sp³-hybridized carbons (Fsp3) is 0.600. The SMILES string of the molecule is CS(=O)(=O)N1CC2(N3CCc4c(-c5cnc(N)nc5)nc(N5CCOCC5)nc43)CC1C2. The van der Waals surface area contributed by atoms with E-state index in [9.17, 15) is 8.42 Å². The van der Waals surface area contributed by atoms with Crippen molar-refractivity contribution in [2.45, 2.75) is 30.8 Å². The van der Waals surface area contributed by atoms with Gasteiger partial charge >= 0.3 is 0 Å². The van der Waals surface area contributed by atoms with Gasteiger partial charge in [0, 0.05) is 55.7 Å². The summed E-state index contributed by atoms with van der Waals surface area (Å²) in [6.07, 6.45) is 7.19. The summed E-state index contributed by atoms with van der Waals surface area (Å²) in [6, 6.07) is 0.0968. The monoisotopic (exact) mass is 458 g/mol.